The molecule has 3 aromatic rings. The van der Waals surface area contributed by atoms with E-state index in [1.165, 1.54) is 12.1 Å². The Balaban J connectivity index is 1.54. The number of halogens is 2. The van der Waals surface area contributed by atoms with Gasteiger partial charge in [0.2, 0.25) is 5.91 Å². The van der Waals surface area contributed by atoms with Crippen LogP contribution in [-0.2, 0) is 11.2 Å². The molecule has 0 aliphatic carbocycles. The van der Waals surface area contributed by atoms with E-state index < -0.39 is 11.7 Å². The molecule has 1 aromatic heterocycles. The van der Waals surface area contributed by atoms with E-state index in [0.29, 0.717) is 66.1 Å². The number of aromatic nitrogens is 2. The van der Waals surface area contributed by atoms with E-state index in [9.17, 15) is 18.8 Å². The Bertz CT molecular complexity index is 1270. The molecule has 0 radical (unpaired) electrons. The van der Waals surface area contributed by atoms with Crippen molar-refractivity contribution >= 4 is 34.2 Å². The zero-order valence-corrected chi connectivity index (χ0v) is 19.0. The number of fused-ring (bicyclic) bond motifs is 1. The Morgan fingerprint density at radius 3 is 2.52 bits per heavy atom. The van der Waals surface area contributed by atoms with Gasteiger partial charge in [-0.3, -0.25) is 14.4 Å². The van der Waals surface area contributed by atoms with Gasteiger partial charge in [0.15, 0.2) is 0 Å². The fourth-order valence-electron chi connectivity index (χ4n) is 4.07. The molecule has 1 fully saturated rings. The van der Waals surface area contributed by atoms with Gasteiger partial charge in [0.05, 0.1) is 16.6 Å². The third-order valence-corrected chi connectivity index (χ3v) is 6.08. The van der Waals surface area contributed by atoms with Crippen molar-refractivity contribution in [3.63, 3.8) is 0 Å². The molecule has 1 N–H and O–H groups in total. The minimum absolute atomic E-state index is 0.0161. The number of nitrogens with one attached hydrogen (secondary N) is 1. The minimum Gasteiger partial charge on any atom is -0.339 e. The number of nitrogens with zero attached hydrogens (tertiary/aromatic N) is 3. The summed E-state index contributed by atoms with van der Waals surface area (Å²) in [5, 5.41) is 8.12. The highest BCUT2D eigenvalue weighted by atomic mass is 35.5. The highest BCUT2D eigenvalue weighted by Gasteiger charge is 2.26. The van der Waals surface area contributed by atoms with Gasteiger partial charge in [-0.05, 0) is 36.2 Å². The lowest BCUT2D eigenvalue weighted by Gasteiger charge is -2.35. The summed E-state index contributed by atoms with van der Waals surface area (Å²) >= 11 is 6.01. The summed E-state index contributed by atoms with van der Waals surface area (Å²) < 4.78 is 14.6. The Hall–Kier alpha value is -3.26. The maximum Gasteiger partial charge on any atom is 0.272 e. The first-order valence-electron chi connectivity index (χ1n) is 10.9. The number of piperazine rings is 1. The Kier molecular flexibility index (Phi) is 6.74. The van der Waals surface area contributed by atoms with Crippen LogP contribution in [0.4, 0.5) is 4.39 Å². The largest absolute Gasteiger partial charge is 0.339 e. The van der Waals surface area contributed by atoms with Gasteiger partial charge in [-0.1, -0.05) is 30.7 Å². The topological polar surface area (TPSA) is 86.4 Å². The van der Waals surface area contributed by atoms with E-state index in [2.05, 4.69) is 10.2 Å². The average Bonchev–Trinajstić information content (AvgIpc) is 2.82. The second kappa shape index (κ2) is 9.70. The van der Waals surface area contributed by atoms with Crippen LogP contribution in [0.25, 0.3) is 10.8 Å². The lowest BCUT2D eigenvalue weighted by Crippen LogP contribution is -2.50. The fraction of sp³-hybridized carbons (Fsp3) is 0.333. The molecular formula is C24H24ClFN4O3. The molecule has 9 heteroatoms. The van der Waals surface area contributed by atoms with E-state index in [1.807, 2.05) is 6.92 Å². The SMILES string of the molecule is CCCC(=O)N1CCN(C(=O)c2cc(Cc3n[nH]c(=O)c4cc(Cl)ccc34)ccc2F)CC1. The van der Waals surface area contributed by atoms with Crippen molar-refractivity contribution in [3.8, 4) is 0 Å². The third kappa shape index (κ3) is 4.90. The van der Waals surface area contributed by atoms with Gasteiger partial charge in [-0.25, -0.2) is 9.49 Å². The van der Waals surface area contributed by atoms with Gasteiger partial charge < -0.3 is 9.80 Å². The predicted molar refractivity (Wildman–Crippen MR) is 124 cm³/mol. The monoisotopic (exact) mass is 470 g/mol. The summed E-state index contributed by atoms with van der Waals surface area (Å²) in [7, 11) is 0. The van der Waals surface area contributed by atoms with E-state index in [-0.39, 0.29) is 17.0 Å². The van der Waals surface area contributed by atoms with Crippen LogP contribution in [0.15, 0.2) is 41.2 Å². The van der Waals surface area contributed by atoms with Crippen LogP contribution in [-0.4, -0.2) is 58.0 Å². The van der Waals surface area contributed by atoms with Crippen LogP contribution in [0.1, 0.15) is 41.4 Å². The third-order valence-electron chi connectivity index (χ3n) is 5.85. The molecule has 1 aliphatic heterocycles. The van der Waals surface area contributed by atoms with Crippen LogP contribution in [0.2, 0.25) is 5.02 Å². The minimum atomic E-state index is -0.598. The first-order chi connectivity index (χ1) is 15.9. The normalized spacial score (nSPS) is 14.0. The van der Waals surface area contributed by atoms with Gasteiger partial charge >= 0.3 is 0 Å². The summed E-state index contributed by atoms with van der Waals surface area (Å²) in [4.78, 5) is 40.5. The quantitative estimate of drug-likeness (QED) is 0.619. The number of aromatic amines is 1. The Morgan fingerprint density at radius 1 is 1.06 bits per heavy atom. The molecule has 7 nitrogen and oxygen atoms in total. The molecule has 33 heavy (non-hydrogen) atoms. The zero-order chi connectivity index (χ0) is 23.5. The van der Waals surface area contributed by atoms with Crippen LogP contribution in [0.5, 0.6) is 0 Å². The Labute approximate surface area is 195 Å². The number of carbonyl (C=O) groups excluding carboxylic acids is 2. The summed E-state index contributed by atoms with van der Waals surface area (Å²) in [5.74, 6) is -0.915. The predicted octanol–water partition coefficient (Wildman–Crippen LogP) is 3.39. The molecule has 2 amide bonds. The fourth-order valence-corrected chi connectivity index (χ4v) is 4.24. The molecule has 2 heterocycles. The number of hydrogen-bond donors (Lipinski definition) is 1. The second-order valence-corrected chi connectivity index (χ2v) is 8.54. The van der Waals surface area contributed by atoms with Crippen molar-refractivity contribution in [2.24, 2.45) is 0 Å². The van der Waals surface area contributed by atoms with Gasteiger partial charge in [0, 0.05) is 49.4 Å². The number of carbonyl (C=O) groups is 2. The lowest BCUT2D eigenvalue weighted by atomic mass is 10.0. The van der Waals surface area contributed by atoms with Gasteiger partial charge in [-0.2, -0.15) is 5.10 Å². The summed E-state index contributed by atoms with van der Waals surface area (Å²) in [6.45, 7) is 3.58. The van der Waals surface area contributed by atoms with E-state index in [4.69, 9.17) is 11.6 Å². The molecule has 0 saturated carbocycles. The van der Waals surface area contributed by atoms with E-state index in [1.54, 1.807) is 34.1 Å². The summed E-state index contributed by atoms with van der Waals surface area (Å²) in [6.07, 6.45) is 1.57. The summed E-state index contributed by atoms with van der Waals surface area (Å²) in [5.41, 5.74) is 0.919. The second-order valence-electron chi connectivity index (χ2n) is 8.10. The molecule has 1 aliphatic rings. The molecule has 1 saturated heterocycles. The van der Waals surface area contributed by atoms with Crippen LogP contribution in [0, 0.1) is 5.82 Å². The Morgan fingerprint density at radius 2 is 1.79 bits per heavy atom. The van der Waals surface area contributed by atoms with Crippen LogP contribution >= 0.6 is 11.6 Å². The maximum absolute atomic E-state index is 14.6. The van der Waals surface area contributed by atoms with E-state index in [0.717, 1.165) is 6.42 Å². The van der Waals surface area contributed by atoms with Crippen LogP contribution in [0.3, 0.4) is 0 Å². The van der Waals surface area contributed by atoms with E-state index >= 15 is 0 Å². The molecule has 0 unspecified atom stereocenters. The van der Waals surface area contributed by atoms with Crippen molar-refractivity contribution in [2.75, 3.05) is 26.2 Å². The van der Waals surface area contributed by atoms with Gasteiger partial charge in [0.1, 0.15) is 5.82 Å². The number of H-pyrrole nitrogens is 1. The maximum atomic E-state index is 14.6. The van der Waals surface area contributed by atoms with Crippen molar-refractivity contribution in [1.29, 1.82) is 0 Å². The van der Waals surface area contributed by atoms with Gasteiger partial charge in [-0.15, -0.1) is 0 Å². The van der Waals surface area contributed by atoms with Crippen molar-refractivity contribution in [1.82, 2.24) is 20.0 Å². The van der Waals surface area contributed by atoms with Crippen molar-refractivity contribution in [3.05, 3.63) is 74.4 Å². The lowest BCUT2D eigenvalue weighted by molar-refractivity contribution is -0.132. The molecular weight excluding hydrogens is 447 g/mol. The molecule has 0 atom stereocenters. The number of hydrogen-bond acceptors (Lipinski definition) is 4. The number of amides is 2. The van der Waals surface area contributed by atoms with Crippen molar-refractivity contribution < 1.29 is 14.0 Å². The van der Waals surface area contributed by atoms with Gasteiger partial charge in [0.25, 0.3) is 11.5 Å². The first kappa shape index (κ1) is 22.9. The molecule has 172 valence electrons. The standard InChI is InChI=1S/C24H24ClFN4O3/c1-2-3-22(31)29-8-10-30(11-9-29)24(33)19-12-15(4-7-20(19)26)13-21-17-6-5-16(25)14-18(17)23(32)28-27-21/h4-7,12,14H,2-3,8-11,13H2,1H3,(H,28,32). The average molecular weight is 471 g/mol. The zero-order valence-electron chi connectivity index (χ0n) is 18.2. The smallest absolute Gasteiger partial charge is 0.272 e. The first-order valence-corrected chi connectivity index (χ1v) is 11.3. The van der Waals surface area contributed by atoms with Crippen LogP contribution < -0.4 is 5.56 Å². The summed E-state index contributed by atoms with van der Waals surface area (Å²) in [6, 6.07) is 9.38. The number of benzene rings is 2. The molecule has 4 rings (SSSR count). The number of rotatable bonds is 5. The highest BCUT2D eigenvalue weighted by molar-refractivity contribution is 6.31. The molecule has 0 bridgehead atoms. The van der Waals surface area contributed by atoms with Crippen molar-refractivity contribution in [2.45, 2.75) is 26.2 Å². The highest BCUT2D eigenvalue weighted by Crippen LogP contribution is 2.22. The molecule has 2 aromatic carbocycles. The molecule has 0 spiro atoms.